The second-order valence-electron chi connectivity index (χ2n) is 6.88. The van der Waals surface area contributed by atoms with Gasteiger partial charge in [0.15, 0.2) is 0 Å². The number of rotatable bonds is 6. The molecule has 2 unspecified atom stereocenters. The predicted molar refractivity (Wildman–Crippen MR) is 99.1 cm³/mol. The molecule has 1 N–H and O–H groups in total. The molecule has 1 saturated heterocycles. The van der Waals surface area contributed by atoms with E-state index in [1.54, 1.807) is 9.58 Å². The highest BCUT2D eigenvalue weighted by atomic mass is 16.2. The molecule has 6 heteroatoms. The minimum atomic E-state index is -0.296. The van der Waals surface area contributed by atoms with Gasteiger partial charge in [-0.15, -0.1) is 0 Å². The summed E-state index contributed by atoms with van der Waals surface area (Å²) in [5.74, 6) is -0.320. The number of amides is 2. The molecular weight excluding hydrogens is 328 g/mol. The fourth-order valence-corrected chi connectivity index (χ4v) is 3.55. The number of aromatic nitrogens is 2. The first-order valence-corrected chi connectivity index (χ1v) is 9.13. The van der Waals surface area contributed by atoms with Gasteiger partial charge in [0.2, 0.25) is 11.8 Å². The number of carbonyl (C=O) groups is 2. The molecule has 2 heterocycles. The van der Waals surface area contributed by atoms with Crippen molar-refractivity contribution in [3.8, 4) is 0 Å². The van der Waals surface area contributed by atoms with Crippen LogP contribution in [0.15, 0.2) is 36.5 Å². The number of benzene rings is 1. The van der Waals surface area contributed by atoms with E-state index < -0.39 is 0 Å². The van der Waals surface area contributed by atoms with Crippen LogP contribution in [-0.4, -0.2) is 33.0 Å². The van der Waals surface area contributed by atoms with Crippen LogP contribution in [0.3, 0.4) is 0 Å². The van der Waals surface area contributed by atoms with Gasteiger partial charge in [-0.25, -0.2) is 0 Å². The van der Waals surface area contributed by atoms with E-state index in [-0.39, 0.29) is 30.2 Å². The maximum atomic E-state index is 12.6. The topological polar surface area (TPSA) is 67.2 Å². The summed E-state index contributed by atoms with van der Waals surface area (Å²) < 4.78 is 1.77. The van der Waals surface area contributed by atoms with Crippen LogP contribution in [0.2, 0.25) is 0 Å². The zero-order chi connectivity index (χ0) is 18.7. The lowest BCUT2D eigenvalue weighted by molar-refractivity contribution is -0.130. The van der Waals surface area contributed by atoms with Crippen LogP contribution in [0.1, 0.15) is 43.1 Å². The summed E-state index contributed by atoms with van der Waals surface area (Å²) in [4.78, 5) is 26.8. The summed E-state index contributed by atoms with van der Waals surface area (Å²) in [6.07, 6.45) is 3.04. The number of hydrogen-bond donors (Lipinski definition) is 1. The van der Waals surface area contributed by atoms with Crippen LogP contribution in [0.25, 0.3) is 0 Å². The summed E-state index contributed by atoms with van der Waals surface area (Å²) >= 11 is 0. The largest absolute Gasteiger partial charge is 0.352 e. The van der Waals surface area contributed by atoms with Crippen molar-refractivity contribution in [3.05, 3.63) is 53.3 Å². The first kappa shape index (κ1) is 18.2. The molecule has 0 bridgehead atoms. The monoisotopic (exact) mass is 354 g/mol. The standard InChI is InChI=1S/C20H26N4O2/c1-4-18-17(12-23(3)22-18)11-21-20(26)16-10-19(25)24(13-16)14(2)15-8-6-5-7-9-15/h5-9,12,14,16H,4,10-11,13H2,1-3H3,(H,21,26). The number of nitrogens with one attached hydrogen (secondary N) is 1. The van der Waals surface area contributed by atoms with Gasteiger partial charge in [0.1, 0.15) is 0 Å². The molecule has 0 spiro atoms. The fraction of sp³-hybridized carbons (Fsp3) is 0.450. The Hall–Kier alpha value is -2.63. The number of carbonyl (C=O) groups excluding carboxylic acids is 2. The van der Waals surface area contributed by atoms with Crippen molar-refractivity contribution in [2.45, 2.75) is 39.3 Å². The highest BCUT2D eigenvalue weighted by Gasteiger charge is 2.36. The molecule has 1 aliphatic heterocycles. The van der Waals surface area contributed by atoms with Crippen LogP contribution < -0.4 is 5.32 Å². The molecule has 1 aromatic heterocycles. The Morgan fingerprint density at radius 1 is 1.35 bits per heavy atom. The third-order valence-electron chi connectivity index (χ3n) is 5.06. The minimum absolute atomic E-state index is 0.0217. The molecule has 0 radical (unpaired) electrons. The lowest BCUT2D eigenvalue weighted by Gasteiger charge is -2.25. The molecule has 1 aromatic carbocycles. The van der Waals surface area contributed by atoms with Crippen molar-refractivity contribution in [3.63, 3.8) is 0 Å². The number of aryl methyl sites for hydroxylation is 2. The summed E-state index contributed by atoms with van der Waals surface area (Å²) in [6, 6.07) is 9.90. The third kappa shape index (κ3) is 3.79. The van der Waals surface area contributed by atoms with Gasteiger partial charge >= 0.3 is 0 Å². The van der Waals surface area contributed by atoms with Gasteiger partial charge < -0.3 is 10.2 Å². The first-order chi connectivity index (χ1) is 12.5. The fourth-order valence-electron chi connectivity index (χ4n) is 3.55. The highest BCUT2D eigenvalue weighted by Crippen LogP contribution is 2.28. The van der Waals surface area contributed by atoms with Crippen molar-refractivity contribution in [2.24, 2.45) is 13.0 Å². The second-order valence-corrected chi connectivity index (χ2v) is 6.88. The van der Waals surface area contributed by atoms with Crippen molar-refractivity contribution in [1.29, 1.82) is 0 Å². The van der Waals surface area contributed by atoms with Crippen LogP contribution in [0.5, 0.6) is 0 Å². The molecule has 0 aliphatic carbocycles. The SMILES string of the molecule is CCc1nn(C)cc1CNC(=O)C1CC(=O)N(C(C)c2ccccc2)C1. The maximum absolute atomic E-state index is 12.6. The van der Waals surface area contributed by atoms with Gasteiger partial charge in [-0.3, -0.25) is 14.3 Å². The molecule has 6 nitrogen and oxygen atoms in total. The van der Waals surface area contributed by atoms with Crippen LogP contribution >= 0.6 is 0 Å². The first-order valence-electron chi connectivity index (χ1n) is 9.13. The van der Waals surface area contributed by atoms with Gasteiger partial charge in [-0.2, -0.15) is 5.10 Å². The Morgan fingerprint density at radius 3 is 2.77 bits per heavy atom. The van der Waals surface area contributed by atoms with Gasteiger partial charge in [0, 0.05) is 38.3 Å². The Bertz CT molecular complexity index is 784. The lowest BCUT2D eigenvalue weighted by atomic mass is 10.1. The molecule has 2 atom stereocenters. The molecule has 2 amide bonds. The molecule has 1 aliphatic rings. The average Bonchev–Trinajstić information content (AvgIpc) is 3.22. The minimum Gasteiger partial charge on any atom is -0.352 e. The number of likely N-dealkylation sites (tertiary alicyclic amines) is 1. The van der Waals surface area contributed by atoms with E-state index in [2.05, 4.69) is 10.4 Å². The highest BCUT2D eigenvalue weighted by molar-refractivity contribution is 5.89. The van der Waals surface area contributed by atoms with Crippen LogP contribution in [0, 0.1) is 5.92 Å². The van der Waals surface area contributed by atoms with Gasteiger partial charge in [-0.1, -0.05) is 37.3 Å². The van der Waals surface area contributed by atoms with Crippen LogP contribution in [0.4, 0.5) is 0 Å². The maximum Gasteiger partial charge on any atom is 0.225 e. The molecule has 138 valence electrons. The summed E-state index contributed by atoms with van der Waals surface area (Å²) in [6.45, 7) is 4.98. The Morgan fingerprint density at radius 2 is 2.08 bits per heavy atom. The molecule has 2 aromatic rings. The normalized spacial score (nSPS) is 18.2. The number of nitrogens with zero attached hydrogens (tertiary/aromatic N) is 3. The van der Waals surface area contributed by atoms with Gasteiger partial charge in [0.25, 0.3) is 0 Å². The molecule has 3 rings (SSSR count). The zero-order valence-electron chi connectivity index (χ0n) is 15.6. The molecule has 26 heavy (non-hydrogen) atoms. The summed E-state index contributed by atoms with van der Waals surface area (Å²) in [5, 5.41) is 7.37. The van der Waals surface area contributed by atoms with Gasteiger partial charge in [0.05, 0.1) is 17.7 Å². The van der Waals surface area contributed by atoms with Crippen molar-refractivity contribution in [2.75, 3.05) is 6.54 Å². The third-order valence-corrected chi connectivity index (χ3v) is 5.06. The van der Waals surface area contributed by atoms with Gasteiger partial charge in [-0.05, 0) is 18.9 Å². The Kier molecular flexibility index (Phi) is 5.40. The summed E-state index contributed by atoms with van der Waals surface area (Å²) in [5.41, 5.74) is 3.11. The molecule has 0 saturated carbocycles. The quantitative estimate of drug-likeness (QED) is 0.865. The van der Waals surface area contributed by atoms with E-state index in [0.717, 1.165) is 23.2 Å². The van der Waals surface area contributed by atoms with E-state index in [0.29, 0.717) is 13.1 Å². The van der Waals surface area contributed by atoms with E-state index in [1.165, 1.54) is 0 Å². The van der Waals surface area contributed by atoms with Crippen LogP contribution in [-0.2, 0) is 29.6 Å². The van der Waals surface area contributed by atoms with Crippen molar-refractivity contribution < 1.29 is 9.59 Å². The lowest BCUT2D eigenvalue weighted by Crippen LogP contribution is -2.33. The average molecular weight is 354 g/mol. The van der Waals surface area contributed by atoms with Crippen molar-refractivity contribution in [1.82, 2.24) is 20.0 Å². The van der Waals surface area contributed by atoms with E-state index in [1.807, 2.05) is 57.4 Å². The summed E-state index contributed by atoms with van der Waals surface area (Å²) in [7, 11) is 1.88. The Labute approximate surface area is 154 Å². The van der Waals surface area contributed by atoms with E-state index in [4.69, 9.17) is 0 Å². The molecular formula is C20H26N4O2. The number of hydrogen-bond acceptors (Lipinski definition) is 3. The smallest absolute Gasteiger partial charge is 0.225 e. The van der Waals surface area contributed by atoms with Crippen molar-refractivity contribution >= 4 is 11.8 Å². The predicted octanol–water partition coefficient (Wildman–Crippen LogP) is 2.21. The second kappa shape index (κ2) is 7.72. The zero-order valence-corrected chi connectivity index (χ0v) is 15.6. The van der Waals surface area contributed by atoms with E-state index in [9.17, 15) is 9.59 Å². The molecule has 1 fully saturated rings. The van der Waals surface area contributed by atoms with E-state index >= 15 is 0 Å². The Balaban J connectivity index is 1.60.